The first-order chi connectivity index (χ1) is 15.5. The molecule has 12 heteroatoms. The van der Waals surface area contributed by atoms with E-state index in [9.17, 15) is 27.6 Å². The largest absolute Gasteiger partial charge is 0.466 e. The fourth-order valence-electron chi connectivity index (χ4n) is 3.27. The number of carbonyl (C=O) groups excluding carboxylic acids is 3. The highest BCUT2D eigenvalue weighted by Gasteiger charge is 2.62. The van der Waals surface area contributed by atoms with Gasteiger partial charge in [-0.25, -0.2) is 26.7 Å². The molecule has 0 radical (unpaired) electrons. The normalized spacial score (nSPS) is 21.5. The molecule has 1 aromatic carbocycles. The lowest BCUT2D eigenvalue weighted by atomic mass is 9.71. The van der Waals surface area contributed by atoms with Crippen molar-refractivity contribution in [3.63, 3.8) is 0 Å². The minimum Gasteiger partial charge on any atom is -0.466 e. The Balaban J connectivity index is 2.68. The lowest BCUT2D eigenvalue weighted by Crippen LogP contribution is -2.56. The monoisotopic (exact) mass is 479 g/mol. The second-order valence-corrected chi connectivity index (χ2v) is 6.72. The third-order valence-corrected chi connectivity index (χ3v) is 4.80. The Labute approximate surface area is 184 Å². The number of ether oxygens (including phenoxy) is 2. The van der Waals surface area contributed by atoms with E-state index >= 15 is 13.3 Å². The number of nitrogens with zero attached hydrogens (tertiary/aromatic N) is 1. The maximum atomic E-state index is 15.3. The number of allylic oxidation sites excluding steroid dienone is 3. The van der Waals surface area contributed by atoms with E-state index in [4.69, 9.17) is 0 Å². The van der Waals surface area contributed by atoms with Gasteiger partial charge in [-0.05, 0) is 19.4 Å². The number of benzene rings is 1. The zero-order valence-electron chi connectivity index (χ0n) is 17.4. The molecule has 0 saturated carbocycles. The molecule has 33 heavy (non-hydrogen) atoms. The van der Waals surface area contributed by atoms with Gasteiger partial charge >= 0.3 is 11.9 Å². The predicted octanol–water partition coefficient (Wildman–Crippen LogP) is 4.18. The van der Waals surface area contributed by atoms with E-state index in [2.05, 4.69) is 9.47 Å². The number of hydrogen-bond acceptors (Lipinski definition) is 5. The smallest absolute Gasteiger partial charge is 0.332 e. The van der Waals surface area contributed by atoms with Crippen molar-refractivity contribution in [3.05, 3.63) is 59.2 Å². The third kappa shape index (κ3) is 4.60. The number of carbonyl (C=O) groups is 3. The van der Waals surface area contributed by atoms with Gasteiger partial charge in [0.05, 0.1) is 19.6 Å². The van der Waals surface area contributed by atoms with Crippen LogP contribution in [0.15, 0.2) is 53.6 Å². The van der Waals surface area contributed by atoms with Crippen LogP contribution in [-0.2, 0) is 29.3 Å². The van der Waals surface area contributed by atoms with Crippen LogP contribution in [0.5, 0.6) is 0 Å². The van der Waals surface area contributed by atoms with Gasteiger partial charge in [-0.15, -0.1) is 0 Å². The number of halogens is 6. The van der Waals surface area contributed by atoms with Gasteiger partial charge in [0.25, 0.3) is 5.91 Å². The molecule has 6 nitrogen and oxygen atoms in total. The fourth-order valence-corrected chi connectivity index (χ4v) is 3.27. The first-order valence-corrected chi connectivity index (χ1v) is 9.68. The molecule has 1 amide bonds. The second-order valence-electron chi connectivity index (χ2n) is 6.72. The van der Waals surface area contributed by atoms with E-state index in [-0.39, 0.29) is 13.2 Å². The average molecular weight is 479 g/mol. The van der Waals surface area contributed by atoms with E-state index in [0.717, 1.165) is 24.3 Å². The molecule has 0 bridgehead atoms. The van der Waals surface area contributed by atoms with Crippen molar-refractivity contribution in [2.75, 3.05) is 13.2 Å². The van der Waals surface area contributed by atoms with Crippen LogP contribution in [0.4, 0.5) is 26.4 Å². The Kier molecular flexibility index (Phi) is 8.29. The van der Waals surface area contributed by atoms with Crippen LogP contribution in [0.1, 0.15) is 25.8 Å². The molecule has 0 saturated heterocycles. The highest BCUT2D eigenvalue weighted by atomic mass is 19.2. The Hall–Kier alpha value is -3.31. The van der Waals surface area contributed by atoms with Crippen molar-refractivity contribution >= 4 is 17.8 Å². The number of rotatable bonds is 8. The molecule has 0 spiro atoms. The summed E-state index contributed by atoms with van der Waals surface area (Å²) >= 11 is 0. The summed E-state index contributed by atoms with van der Waals surface area (Å²) < 4.78 is 96.8. The van der Waals surface area contributed by atoms with Crippen LogP contribution in [0.2, 0.25) is 0 Å². The summed E-state index contributed by atoms with van der Waals surface area (Å²) in [6.45, 7) is 2.19. The first kappa shape index (κ1) is 25.9. The van der Waals surface area contributed by atoms with Gasteiger partial charge in [0.1, 0.15) is 0 Å². The SMILES string of the molecule is CCOC(=O)CC(C(=O)OCC)N(F)C(=O)C1(c2ccccc2)C(F)=C(F)C(F)=C(F)C1F. The molecule has 1 aliphatic rings. The van der Waals surface area contributed by atoms with Crippen LogP contribution < -0.4 is 0 Å². The Morgan fingerprint density at radius 3 is 2.12 bits per heavy atom. The highest BCUT2D eigenvalue weighted by Crippen LogP contribution is 2.50. The van der Waals surface area contributed by atoms with Crippen molar-refractivity contribution < 1.29 is 50.3 Å². The molecule has 0 N–H and O–H groups in total. The van der Waals surface area contributed by atoms with E-state index < -0.39 is 75.9 Å². The molecule has 0 aliphatic heterocycles. The van der Waals surface area contributed by atoms with Gasteiger partial charge in [-0.1, -0.05) is 34.8 Å². The Bertz CT molecular complexity index is 983. The maximum Gasteiger partial charge on any atom is 0.332 e. The van der Waals surface area contributed by atoms with E-state index in [1.807, 2.05) is 0 Å². The zero-order chi connectivity index (χ0) is 24.9. The molecular weight excluding hydrogens is 460 g/mol. The van der Waals surface area contributed by atoms with E-state index in [1.165, 1.54) is 19.9 Å². The zero-order valence-corrected chi connectivity index (χ0v) is 17.4. The van der Waals surface area contributed by atoms with Crippen LogP contribution in [-0.4, -0.2) is 48.4 Å². The quantitative estimate of drug-likeness (QED) is 0.318. The number of alkyl halides is 1. The van der Waals surface area contributed by atoms with Crippen LogP contribution in [0, 0.1) is 0 Å². The lowest BCUT2D eigenvalue weighted by molar-refractivity contribution is -0.177. The van der Waals surface area contributed by atoms with Crippen LogP contribution in [0.25, 0.3) is 0 Å². The van der Waals surface area contributed by atoms with Crippen molar-refractivity contribution in [1.29, 1.82) is 0 Å². The van der Waals surface area contributed by atoms with Crippen molar-refractivity contribution in [3.8, 4) is 0 Å². The second kappa shape index (κ2) is 10.5. The fraction of sp³-hybridized carbons (Fsp3) is 0.381. The van der Waals surface area contributed by atoms with Gasteiger partial charge in [-0.2, -0.15) is 5.12 Å². The summed E-state index contributed by atoms with van der Waals surface area (Å²) in [7, 11) is 0. The standard InChI is InChI=1S/C21H19F6NO5/c1-3-32-13(29)10-12(19(30)33-4-2)28(27)20(31)21(11-8-6-5-7-9-11)17(25)15(23)14(22)16(24)18(21)26/h5-9,12,17H,3-4,10H2,1-2H3. The number of amides is 1. The van der Waals surface area contributed by atoms with Gasteiger partial charge in [0, 0.05) is 0 Å². The molecule has 0 aromatic heterocycles. The summed E-state index contributed by atoms with van der Waals surface area (Å²) in [5.74, 6) is -15.0. The van der Waals surface area contributed by atoms with Crippen molar-refractivity contribution in [2.24, 2.45) is 0 Å². The molecular formula is C21H19F6NO5. The summed E-state index contributed by atoms with van der Waals surface area (Å²) in [6, 6.07) is 2.85. The van der Waals surface area contributed by atoms with Gasteiger partial charge in [0.2, 0.25) is 0 Å². The summed E-state index contributed by atoms with van der Waals surface area (Å²) in [6.07, 6.45) is -4.69. The summed E-state index contributed by atoms with van der Waals surface area (Å²) in [5.41, 5.74) is -4.49. The van der Waals surface area contributed by atoms with Crippen molar-refractivity contribution in [2.45, 2.75) is 37.9 Å². The van der Waals surface area contributed by atoms with Gasteiger partial charge in [0.15, 0.2) is 40.9 Å². The summed E-state index contributed by atoms with van der Waals surface area (Å²) in [4.78, 5) is 37.2. The first-order valence-electron chi connectivity index (χ1n) is 9.68. The van der Waals surface area contributed by atoms with E-state index in [1.54, 1.807) is 0 Å². The minimum atomic E-state index is -3.71. The average Bonchev–Trinajstić information content (AvgIpc) is 2.80. The molecule has 0 fully saturated rings. The van der Waals surface area contributed by atoms with Gasteiger partial charge < -0.3 is 9.47 Å². The van der Waals surface area contributed by atoms with Crippen molar-refractivity contribution in [1.82, 2.24) is 5.12 Å². The topological polar surface area (TPSA) is 72.9 Å². The molecule has 0 heterocycles. The minimum absolute atomic E-state index is 0.188. The van der Waals surface area contributed by atoms with Gasteiger partial charge in [-0.3, -0.25) is 9.59 Å². The summed E-state index contributed by atoms with van der Waals surface area (Å²) in [5, 5.41) is -1.06. The highest BCUT2D eigenvalue weighted by molar-refractivity contribution is 5.96. The predicted molar refractivity (Wildman–Crippen MR) is 101 cm³/mol. The van der Waals surface area contributed by atoms with Crippen LogP contribution >= 0.6 is 0 Å². The molecule has 1 aromatic rings. The molecule has 180 valence electrons. The number of esters is 2. The molecule has 2 rings (SSSR count). The Morgan fingerprint density at radius 1 is 1.00 bits per heavy atom. The lowest BCUT2D eigenvalue weighted by Gasteiger charge is -2.38. The third-order valence-electron chi connectivity index (χ3n) is 4.80. The molecule has 1 aliphatic carbocycles. The van der Waals surface area contributed by atoms with E-state index in [0.29, 0.717) is 0 Å². The van der Waals surface area contributed by atoms with Crippen LogP contribution in [0.3, 0.4) is 0 Å². The molecule has 3 unspecified atom stereocenters. The maximum absolute atomic E-state index is 15.3. The Morgan fingerprint density at radius 2 is 1.58 bits per heavy atom. The molecule has 3 atom stereocenters. The number of hydrogen-bond donors (Lipinski definition) is 0.